The average Bonchev–Trinajstić information content (AvgIpc) is 3.16. The Bertz CT molecular complexity index is 1020. The third-order valence-electron chi connectivity index (χ3n) is 5.37. The van der Waals surface area contributed by atoms with Gasteiger partial charge in [0.05, 0.1) is 34.8 Å². The van der Waals surface area contributed by atoms with Crippen molar-refractivity contribution in [3.05, 3.63) is 78.9 Å². The molecule has 0 radical (unpaired) electrons. The molecule has 0 aromatic heterocycles. The summed E-state index contributed by atoms with van der Waals surface area (Å²) >= 11 is 5.96. The Morgan fingerprint density at radius 1 is 1.18 bits per heavy atom. The van der Waals surface area contributed by atoms with E-state index in [0.717, 1.165) is 17.5 Å². The van der Waals surface area contributed by atoms with Crippen LogP contribution in [0.5, 0.6) is 5.75 Å². The first-order valence-electron chi connectivity index (χ1n) is 8.64. The van der Waals surface area contributed by atoms with Crippen LogP contribution in [0, 0.1) is 26.1 Å². The lowest BCUT2D eigenvalue weighted by Crippen LogP contribution is -2.29. The molecule has 2 aliphatic rings. The van der Waals surface area contributed by atoms with Gasteiger partial charge in [-0.1, -0.05) is 29.8 Å². The number of allylic oxidation sites excluding steroid dienone is 2. The van der Waals surface area contributed by atoms with Gasteiger partial charge in [0.1, 0.15) is 10.8 Å². The fourth-order valence-electron chi connectivity index (χ4n) is 4.11. The summed E-state index contributed by atoms with van der Waals surface area (Å²) in [7, 11) is 1.46. The summed E-state index contributed by atoms with van der Waals surface area (Å²) < 4.78 is 5.40. The van der Waals surface area contributed by atoms with Crippen molar-refractivity contribution in [1.29, 1.82) is 0 Å². The lowest BCUT2D eigenvalue weighted by Gasteiger charge is -2.38. The standard InChI is InChI=1S/C19H16ClN3O5/c1-28-17-9-11(22(24)25)8-14-12-3-2-4-13(12)18(21-19(14)17)10-5-6-15(20)16(7-10)23(26)27/h2-3,5-9,12-13,18,21H,4H2,1H3/t12-,13-,18-/m1/s1. The summed E-state index contributed by atoms with van der Waals surface area (Å²) in [6, 6.07) is 7.50. The van der Waals surface area contributed by atoms with Crippen molar-refractivity contribution in [3.8, 4) is 5.75 Å². The van der Waals surface area contributed by atoms with Gasteiger partial charge in [0, 0.05) is 18.1 Å². The number of rotatable bonds is 4. The molecule has 0 saturated heterocycles. The number of nitro benzene ring substituents is 2. The number of nitrogens with zero attached hydrogens (tertiary/aromatic N) is 2. The van der Waals surface area contributed by atoms with Gasteiger partial charge in [-0.3, -0.25) is 20.2 Å². The van der Waals surface area contributed by atoms with E-state index in [1.54, 1.807) is 12.1 Å². The molecule has 1 aliphatic heterocycles. The van der Waals surface area contributed by atoms with Crippen molar-refractivity contribution in [3.63, 3.8) is 0 Å². The molecule has 2 aromatic rings. The Labute approximate surface area is 165 Å². The number of nitrogens with one attached hydrogen (secondary N) is 1. The lowest BCUT2D eigenvalue weighted by atomic mass is 9.76. The molecule has 0 fully saturated rings. The summed E-state index contributed by atoms with van der Waals surface area (Å²) in [5, 5.41) is 26.1. The number of methoxy groups -OCH3 is 1. The van der Waals surface area contributed by atoms with Crippen molar-refractivity contribution in [2.75, 3.05) is 12.4 Å². The molecule has 8 nitrogen and oxygen atoms in total. The highest BCUT2D eigenvalue weighted by Crippen LogP contribution is 2.53. The molecule has 4 rings (SSSR count). The normalized spacial score (nSPS) is 22.1. The third-order valence-corrected chi connectivity index (χ3v) is 5.69. The number of ether oxygens (including phenoxy) is 1. The SMILES string of the molecule is COc1cc([N+](=O)[O-])cc2c1N[C@H](c1ccc(Cl)c([N+](=O)[O-])c1)[C@@H]1CC=C[C@@H]21. The first-order chi connectivity index (χ1) is 13.4. The molecule has 28 heavy (non-hydrogen) atoms. The van der Waals surface area contributed by atoms with Crippen LogP contribution in [0.4, 0.5) is 17.1 Å². The van der Waals surface area contributed by atoms with Crippen molar-refractivity contribution < 1.29 is 14.6 Å². The van der Waals surface area contributed by atoms with E-state index < -0.39 is 9.85 Å². The lowest BCUT2D eigenvalue weighted by molar-refractivity contribution is -0.385. The van der Waals surface area contributed by atoms with Gasteiger partial charge < -0.3 is 10.1 Å². The number of non-ortho nitro benzene ring substituents is 1. The smallest absolute Gasteiger partial charge is 0.288 e. The molecular formula is C19H16ClN3O5. The van der Waals surface area contributed by atoms with Crippen molar-refractivity contribution in [2.24, 2.45) is 5.92 Å². The minimum Gasteiger partial charge on any atom is -0.494 e. The van der Waals surface area contributed by atoms with Crippen molar-refractivity contribution >= 4 is 28.7 Å². The average molecular weight is 402 g/mol. The van der Waals surface area contributed by atoms with E-state index in [1.807, 2.05) is 12.2 Å². The molecule has 1 N–H and O–H groups in total. The Hall–Kier alpha value is -3.13. The van der Waals surface area contributed by atoms with E-state index >= 15 is 0 Å². The Morgan fingerprint density at radius 3 is 2.64 bits per heavy atom. The zero-order valence-corrected chi connectivity index (χ0v) is 15.6. The van der Waals surface area contributed by atoms with Gasteiger partial charge >= 0.3 is 0 Å². The summed E-state index contributed by atoms with van der Waals surface area (Å²) in [5.41, 5.74) is 2.02. The van der Waals surface area contributed by atoms with Crippen molar-refractivity contribution in [1.82, 2.24) is 0 Å². The largest absolute Gasteiger partial charge is 0.494 e. The monoisotopic (exact) mass is 401 g/mol. The van der Waals surface area contributed by atoms with E-state index in [0.29, 0.717) is 11.4 Å². The van der Waals surface area contributed by atoms with Crippen LogP contribution in [0.2, 0.25) is 5.02 Å². The Morgan fingerprint density at radius 2 is 1.96 bits per heavy atom. The molecule has 0 saturated carbocycles. The predicted molar refractivity (Wildman–Crippen MR) is 104 cm³/mol. The third kappa shape index (κ3) is 2.86. The number of fused-ring (bicyclic) bond motifs is 3. The van der Waals surface area contributed by atoms with Crippen LogP contribution >= 0.6 is 11.6 Å². The second-order valence-electron chi connectivity index (χ2n) is 6.81. The summed E-state index contributed by atoms with van der Waals surface area (Å²) in [6.45, 7) is 0. The van der Waals surface area contributed by atoms with Crippen molar-refractivity contribution in [2.45, 2.75) is 18.4 Å². The van der Waals surface area contributed by atoms with Crippen LogP contribution in [0.15, 0.2) is 42.5 Å². The zero-order chi connectivity index (χ0) is 20.0. The van der Waals surface area contributed by atoms with E-state index in [9.17, 15) is 20.2 Å². The van der Waals surface area contributed by atoms with Gasteiger partial charge in [0.25, 0.3) is 11.4 Å². The molecule has 144 valence electrons. The molecule has 1 heterocycles. The molecule has 0 amide bonds. The number of hydrogen-bond acceptors (Lipinski definition) is 6. The molecule has 9 heteroatoms. The number of benzene rings is 2. The summed E-state index contributed by atoms with van der Waals surface area (Å²) in [5.74, 6) is 0.390. The van der Waals surface area contributed by atoms with Crippen LogP contribution in [0.1, 0.15) is 29.5 Å². The van der Waals surface area contributed by atoms with Crippen LogP contribution in [-0.2, 0) is 0 Å². The number of nitro groups is 2. The molecular weight excluding hydrogens is 386 g/mol. The maximum Gasteiger partial charge on any atom is 0.288 e. The highest BCUT2D eigenvalue weighted by atomic mass is 35.5. The Balaban J connectivity index is 1.84. The van der Waals surface area contributed by atoms with Gasteiger partial charge in [0.15, 0.2) is 0 Å². The minimum atomic E-state index is -0.503. The van der Waals surface area contributed by atoms with Gasteiger partial charge in [-0.05, 0) is 29.5 Å². The van der Waals surface area contributed by atoms with Crippen LogP contribution in [0.3, 0.4) is 0 Å². The van der Waals surface area contributed by atoms with Gasteiger partial charge in [-0.15, -0.1) is 0 Å². The van der Waals surface area contributed by atoms with Gasteiger partial charge in [-0.25, -0.2) is 0 Å². The second-order valence-corrected chi connectivity index (χ2v) is 7.22. The maximum absolute atomic E-state index is 11.3. The summed E-state index contributed by atoms with van der Waals surface area (Å²) in [4.78, 5) is 21.6. The maximum atomic E-state index is 11.3. The topological polar surface area (TPSA) is 108 Å². The highest BCUT2D eigenvalue weighted by Gasteiger charge is 2.40. The quantitative estimate of drug-likeness (QED) is 0.439. The number of anilines is 1. The van der Waals surface area contributed by atoms with E-state index in [-0.39, 0.29) is 34.3 Å². The fraction of sp³-hybridized carbons (Fsp3) is 0.263. The molecule has 1 aliphatic carbocycles. The zero-order valence-electron chi connectivity index (χ0n) is 14.8. The highest BCUT2D eigenvalue weighted by molar-refractivity contribution is 6.32. The first kappa shape index (κ1) is 18.2. The first-order valence-corrected chi connectivity index (χ1v) is 9.02. The van der Waals surface area contributed by atoms with Crippen LogP contribution < -0.4 is 10.1 Å². The predicted octanol–water partition coefficient (Wildman–Crippen LogP) is 4.99. The van der Waals surface area contributed by atoms with E-state index in [4.69, 9.17) is 16.3 Å². The number of halogens is 1. The molecule has 3 atom stereocenters. The molecule has 0 unspecified atom stereocenters. The molecule has 0 bridgehead atoms. The van der Waals surface area contributed by atoms with Gasteiger partial charge in [-0.2, -0.15) is 0 Å². The fourth-order valence-corrected chi connectivity index (χ4v) is 4.30. The van der Waals surface area contributed by atoms with Crippen LogP contribution in [0.25, 0.3) is 0 Å². The van der Waals surface area contributed by atoms with Gasteiger partial charge in [0.2, 0.25) is 0 Å². The Kier molecular flexibility index (Phi) is 4.43. The minimum absolute atomic E-state index is 0.0305. The summed E-state index contributed by atoms with van der Waals surface area (Å²) in [6.07, 6.45) is 4.82. The van der Waals surface area contributed by atoms with Crippen LogP contribution in [-0.4, -0.2) is 17.0 Å². The second kappa shape index (κ2) is 6.79. The number of hydrogen-bond donors (Lipinski definition) is 1. The van der Waals surface area contributed by atoms with E-state index in [2.05, 4.69) is 5.32 Å². The molecule has 0 spiro atoms. The van der Waals surface area contributed by atoms with E-state index in [1.165, 1.54) is 25.3 Å². The molecule has 2 aromatic carbocycles.